The molecular weight excluding hydrogens is 342 g/mol. The highest BCUT2D eigenvalue weighted by molar-refractivity contribution is 5.95. The zero-order chi connectivity index (χ0) is 19.9. The Morgan fingerprint density at radius 2 is 1.96 bits per heavy atom. The van der Waals surface area contributed by atoms with E-state index in [1.165, 1.54) is 4.90 Å². The van der Waals surface area contributed by atoms with Gasteiger partial charge in [0.1, 0.15) is 5.60 Å². The van der Waals surface area contributed by atoms with E-state index in [9.17, 15) is 9.59 Å². The third kappa shape index (κ3) is 6.96. The molecule has 0 bridgehead atoms. The molecule has 1 saturated heterocycles. The van der Waals surface area contributed by atoms with E-state index >= 15 is 0 Å². The van der Waals surface area contributed by atoms with Crippen LogP contribution in [0.25, 0.3) is 0 Å². The second-order valence-electron chi connectivity index (χ2n) is 8.09. The van der Waals surface area contributed by atoms with Crippen LogP contribution in [0.2, 0.25) is 0 Å². The lowest BCUT2D eigenvalue weighted by Gasteiger charge is -2.28. The van der Waals surface area contributed by atoms with Gasteiger partial charge in [-0.05, 0) is 45.7 Å². The van der Waals surface area contributed by atoms with E-state index in [1.807, 2.05) is 30.3 Å². The molecule has 2 amide bonds. The fourth-order valence-electron chi connectivity index (χ4n) is 3.07. The Morgan fingerprint density at radius 1 is 1.26 bits per heavy atom. The Labute approximate surface area is 162 Å². The van der Waals surface area contributed by atoms with Gasteiger partial charge in [-0.1, -0.05) is 43.7 Å². The molecule has 2 rings (SSSR count). The van der Waals surface area contributed by atoms with Gasteiger partial charge in [-0.15, -0.1) is 0 Å². The number of carbonyl (C=O) groups excluding carboxylic acids is 2. The number of hydrogen-bond donors (Lipinski definition) is 2. The Kier molecular flexibility index (Phi) is 7.80. The molecular formula is C21H33N3O3. The molecule has 27 heavy (non-hydrogen) atoms. The maximum atomic E-state index is 13.1. The second kappa shape index (κ2) is 9.85. The van der Waals surface area contributed by atoms with Crippen LogP contribution in [-0.2, 0) is 16.1 Å². The number of ether oxygens (including phenoxy) is 1. The van der Waals surface area contributed by atoms with E-state index in [0.717, 1.165) is 31.5 Å². The average Bonchev–Trinajstić information content (AvgIpc) is 3.07. The van der Waals surface area contributed by atoms with Crippen LogP contribution in [0.4, 0.5) is 4.79 Å². The Morgan fingerprint density at radius 3 is 2.59 bits per heavy atom. The summed E-state index contributed by atoms with van der Waals surface area (Å²) >= 11 is 0. The fourth-order valence-corrected chi connectivity index (χ4v) is 3.07. The molecule has 0 radical (unpaired) electrons. The predicted molar refractivity (Wildman–Crippen MR) is 106 cm³/mol. The molecule has 0 aliphatic carbocycles. The number of hydrogen-bond acceptors (Lipinski definition) is 5. The molecule has 2 atom stereocenters. The maximum Gasteiger partial charge on any atom is 0.417 e. The lowest BCUT2D eigenvalue weighted by Crippen LogP contribution is -2.47. The fraction of sp³-hybridized carbons (Fsp3) is 0.619. The third-order valence-corrected chi connectivity index (χ3v) is 4.46. The van der Waals surface area contributed by atoms with Gasteiger partial charge in [0.25, 0.3) is 0 Å². The Hall–Kier alpha value is -1.92. The molecule has 0 saturated carbocycles. The first-order valence-corrected chi connectivity index (χ1v) is 9.85. The molecule has 1 aliphatic heterocycles. The van der Waals surface area contributed by atoms with Crippen LogP contribution in [0.1, 0.15) is 52.5 Å². The van der Waals surface area contributed by atoms with Crippen molar-refractivity contribution in [3.05, 3.63) is 35.9 Å². The van der Waals surface area contributed by atoms with Crippen molar-refractivity contribution in [2.75, 3.05) is 13.1 Å². The van der Waals surface area contributed by atoms with Crippen LogP contribution in [0.5, 0.6) is 0 Å². The van der Waals surface area contributed by atoms with Gasteiger partial charge >= 0.3 is 6.09 Å². The summed E-state index contributed by atoms with van der Waals surface area (Å²) in [7, 11) is 0. The minimum Gasteiger partial charge on any atom is -0.443 e. The van der Waals surface area contributed by atoms with Gasteiger partial charge in [0.05, 0.1) is 12.6 Å². The van der Waals surface area contributed by atoms with Crippen LogP contribution in [0.3, 0.4) is 0 Å². The Bertz CT molecular complexity index is 613. The minimum absolute atomic E-state index is 0.209. The summed E-state index contributed by atoms with van der Waals surface area (Å²) in [6, 6.07) is 9.39. The largest absolute Gasteiger partial charge is 0.443 e. The van der Waals surface area contributed by atoms with Gasteiger partial charge in [0.15, 0.2) is 0 Å². The van der Waals surface area contributed by atoms with Crippen LogP contribution in [0.15, 0.2) is 30.3 Å². The van der Waals surface area contributed by atoms with Crippen molar-refractivity contribution in [1.82, 2.24) is 15.5 Å². The van der Waals surface area contributed by atoms with E-state index in [-0.39, 0.29) is 24.5 Å². The molecule has 1 aromatic rings. The van der Waals surface area contributed by atoms with Crippen molar-refractivity contribution < 1.29 is 14.3 Å². The number of carbonyl (C=O) groups is 2. The van der Waals surface area contributed by atoms with Crippen molar-refractivity contribution in [2.24, 2.45) is 0 Å². The summed E-state index contributed by atoms with van der Waals surface area (Å²) in [6.07, 6.45) is 2.34. The lowest BCUT2D eigenvalue weighted by molar-refractivity contribution is -0.132. The van der Waals surface area contributed by atoms with E-state index in [1.54, 1.807) is 20.8 Å². The number of benzene rings is 1. The number of unbranched alkanes of at least 4 members (excludes halogenated alkanes) is 1. The highest BCUT2D eigenvalue weighted by Crippen LogP contribution is 2.17. The average molecular weight is 376 g/mol. The molecule has 0 aromatic heterocycles. The summed E-state index contributed by atoms with van der Waals surface area (Å²) in [6.45, 7) is 9.45. The van der Waals surface area contributed by atoms with Crippen molar-refractivity contribution in [3.63, 3.8) is 0 Å². The molecule has 150 valence electrons. The topological polar surface area (TPSA) is 70.7 Å². The van der Waals surface area contributed by atoms with Crippen molar-refractivity contribution >= 4 is 12.0 Å². The number of amides is 2. The van der Waals surface area contributed by atoms with Crippen LogP contribution in [-0.4, -0.2) is 47.7 Å². The quantitative estimate of drug-likeness (QED) is 0.717. The van der Waals surface area contributed by atoms with E-state index in [2.05, 4.69) is 17.6 Å². The standard InChI is InChI=1S/C21H33N3O3/c1-5-6-12-22-17-13-18(23-14-17)19(25)24(20(26)27-21(2,3)4)15-16-10-8-7-9-11-16/h7-11,17-18,22-23H,5-6,12-15H2,1-4H3/t17-,18-/m0/s1. The lowest BCUT2D eigenvalue weighted by atomic mass is 10.1. The summed E-state index contributed by atoms with van der Waals surface area (Å²) in [5.74, 6) is -0.229. The SMILES string of the molecule is CCCCN[C@@H]1CN[C@H](C(=O)N(Cc2ccccc2)C(=O)OC(C)(C)C)C1. The number of nitrogens with one attached hydrogen (secondary N) is 2. The molecule has 2 N–H and O–H groups in total. The summed E-state index contributed by atoms with van der Waals surface area (Å²) in [5.41, 5.74) is 0.243. The first-order chi connectivity index (χ1) is 12.8. The minimum atomic E-state index is -0.653. The van der Waals surface area contributed by atoms with Gasteiger partial charge in [-0.3, -0.25) is 4.79 Å². The highest BCUT2D eigenvalue weighted by atomic mass is 16.6. The zero-order valence-electron chi connectivity index (χ0n) is 17.0. The summed E-state index contributed by atoms with van der Waals surface area (Å²) < 4.78 is 5.48. The van der Waals surface area contributed by atoms with Crippen molar-refractivity contribution in [1.29, 1.82) is 0 Å². The molecule has 1 aliphatic rings. The highest BCUT2D eigenvalue weighted by Gasteiger charge is 2.36. The number of nitrogens with zero attached hydrogens (tertiary/aromatic N) is 1. The molecule has 6 nitrogen and oxygen atoms in total. The van der Waals surface area contributed by atoms with Gasteiger partial charge in [-0.25, -0.2) is 9.69 Å². The van der Waals surface area contributed by atoms with Gasteiger partial charge in [0.2, 0.25) is 5.91 Å². The van der Waals surface area contributed by atoms with Crippen LogP contribution >= 0.6 is 0 Å². The zero-order valence-corrected chi connectivity index (χ0v) is 17.0. The van der Waals surface area contributed by atoms with Crippen molar-refractivity contribution in [2.45, 2.75) is 71.2 Å². The van der Waals surface area contributed by atoms with E-state index in [0.29, 0.717) is 6.42 Å². The molecule has 0 spiro atoms. The van der Waals surface area contributed by atoms with E-state index in [4.69, 9.17) is 4.74 Å². The van der Waals surface area contributed by atoms with Gasteiger partial charge < -0.3 is 15.4 Å². The molecule has 0 unspecified atom stereocenters. The van der Waals surface area contributed by atoms with Gasteiger partial charge in [-0.2, -0.15) is 0 Å². The monoisotopic (exact) mass is 375 g/mol. The summed E-state index contributed by atoms with van der Waals surface area (Å²) in [5, 5.41) is 6.73. The molecule has 6 heteroatoms. The third-order valence-electron chi connectivity index (χ3n) is 4.46. The van der Waals surface area contributed by atoms with Crippen LogP contribution in [0, 0.1) is 0 Å². The van der Waals surface area contributed by atoms with Gasteiger partial charge in [0, 0.05) is 12.6 Å². The van der Waals surface area contributed by atoms with E-state index < -0.39 is 11.7 Å². The first kappa shape index (κ1) is 21.4. The predicted octanol–water partition coefficient (Wildman–Crippen LogP) is 3.07. The summed E-state index contributed by atoms with van der Waals surface area (Å²) in [4.78, 5) is 27.0. The normalized spacial score (nSPS) is 19.7. The maximum absolute atomic E-state index is 13.1. The smallest absolute Gasteiger partial charge is 0.417 e. The molecule has 1 heterocycles. The molecule has 1 fully saturated rings. The Balaban J connectivity index is 2.05. The molecule has 1 aromatic carbocycles. The number of imide groups is 1. The van der Waals surface area contributed by atoms with Crippen molar-refractivity contribution in [3.8, 4) is 0 Å². The van der Waals surface area contributed by atoms with Crippen LogP contribution < -0.4 is 10.6 Å². The second-order valence-corrected chi connectivity index (χ2v) is 8.09. The first-order valence-electron chi connectivity index (χ1n) is 9.85. The number of rotatable bonds is 7.